The Morgan fingerprint density at radius 3 is 2.90 bits per heavy atom. The molecular weight excluding hydrogens is 298 g/mol. The summed E-state index contributed by atoms with van der Waals surface area (Å²) in [5.41, 5.74) is 5.68. The molecule has 20 heavy (non-hydrogen) atoms. The molecule has 0 bridgehead atoms. The van der Waals surface area contributed by atoms with Crippen LogP contribution in [-0.4, -0.2) is 42.0 Å². The molecule has 3 heterocycles. The van der Waals surface area contributed by atoms with Gasteiger partial charge in [-0.1, -0.05) is 0 Å². The van der Waals surface area contributed by atoms with Crippen LogP contribution in [0.15, 0.2) is 6.20 Å². The number of halogens is 1. The summed E-state index contributed by atoms with van der Waals surface area (Å²) in [6.07, 6.45) is 4.26. The number of hydrogen-bond acceptors (Lipinski definition) is 6. The summed E-state index contributed by atoms with van der Waals surface area (Å²) in [5.74, 6) is 0.0693. The summed E-state index contributed by atoms with van der Waals surface area (Å²) in [6, 6.07) is 0. The standard InChI is InChI=1S/C13H21N3O2S.ClH/c1-13(17-5-6-18-13)10-3-2-4-16(8-10)9-11-7-15-12(14)19-11;/h7,10H,2-6,8-9H2,1H3,(H2,14,15);1H. The zero-order chi connectivity index (χ0) is 13.3. The van der Waals surface area contributed by atoms with Crippen LogP contribution in [0.3, 0.4) is 0 Å². The zero-order valence-corrected chi connectivity index (χ0v) is 13.3. The largest absolute Gasteiger partial charge is 0.375 e. The first-order valence-corrected chi connectivity index (χ1v) is 7.68. The average Bonchev–Trinajstić information content (AvgIpc) is 3.00. The third kappa shape index (κ3) is 3.43. The second-order valence-corrected chi connectivity index (χ2v) is 6.60. The van der Waals surface area contributed by atoms with Gasteiger partial charge in [-0.3, -0.25) is 4.90 Å². The van der Waals surface area contributed by atoms with Gasteiger partial charge in [0.05, 0.1) is 13.2 Å². The number of likely N-dealkylation sites (tertiary alicyclic amines) is 1. The number of nitrogen functional groups attached to an aromatic ring is 1. The smallest absolute Gasteiger partial charge is 0.180 e. The summed E-state index contributed by atoms with van der Waals surface area (Å²) < 4.78 is 11.6. The Morgan fingerprint density at radius 1 is 1.50 bits per heavy atom. The number of rotatable bonds is 3. The van der Waals surface area contributed by atoms with Crippen LogP contribution in [0.5, 0.6) is 0 Å². The van der Waals surface area contributed by atoms with Gasteiger partial charge in [0, 0.05) is 30.1 Å². The van der Waals surface area contributed by atoms with Crippen molar-refractivity contribution in [3.05, 3.63) is 11.1 Å². The van der Waals surface area contributed by atoms with E-state index in [9.17, 15) is 0 Å². The lowest BCUT2D eigenvalue weighted by molar-refractivity contribution is -0.192. The van der Waals surface area contributed by atoms with Gasteiger partial charge in [-0.05, 0) is 26.3 Å². The number of anilines is 1. The van der Waals surface area contributed by atoms with E-state index in [2.05, 4.69) is 16.8 Å². The maximum atomic E-state index is 5.80. The van der Waals surface area contributed by atoms with Crippen LogP contribution in [-0.2, 0) is 16.0 Å². The summed E-state index contributed by atoms with van der Waals surface area (Å²) in [5, 5.41) is 0.651. The summed E-state index contributed by atoms with van der Waals surface area (Å²) >= 11 is 1.58. The molecule has 2 fully saturated rings. The van der Waals surface area contributed by atoms with E-state index in [0.717, 1.165) is 32.8 Å². The highest BCUT2D eigenvalue weighted by molar-refractivity contribution is 7.15. The van der Waals surface area contributed by atoms with Crippen molar-refractivity contribution in [1.29, 1.82) is 0 Å². The number of thiazole rings is 1. The Morgan fingerprint density at radius 2 is 2.25 bits per heavy atom. The van der Waals surface area contributed by atoms with E-state index < -0.39 is 0 Å². The van der Waals surface area contributed by atoms with Gasteiger partial charge in [0.15, 0.2) is 10.9 Å². The molecule has 1 unspecified atom stereocenters. The third-order valence-electron chi connectivity index (χ3n) is 4.06. The molecule has 5 nitrogen and oxygen atoms in total. The molecule has 114 valence electrons. The van der Waals surface area contributed by atoms with Gasteiger partial charge in [0.2, 0.25) is 0 Å². The van der Waals surface area contributed by atoms with Gasteiger partial charge in [-0.2, -0.15) is 0 Å². The van der Waals surface area contributed by atoms with Crippen molar-refractivity contribution >= 4 is 28.9 Å². The van der Waals surface area contributed by atoms with Gasteiger partial charge in [-0.25, -0.2) is 4.98 Å². The zero-order valence-electron chi connectivity index (χ0n) is 11.7. The maximum Gasteiger partial charge on any atom is 0.180 e. The highest BCUT2D eigenvalue weighted by Crippen LogP contribution is 2.34. The van der Waals surface area contributed by atoms with E-state index in [1.165, 1.54) is 17.7 Å². The van der Waals surface area contributed by atoms with E-state index >= 15 is 0 Å². The number of nitrogens with zero attached hydrogens (tertiary/aromatic N) is 2. The van der Waals surface area contributed by atoms with E-state index in [0.29, 0.717) is 11.0 Å². The fourth-order valence-corrected chi connectivity index (χ4v) is 3.74. The third-order valence-corrected chi connectivity index (χ3v) is 4.87. The molecule has 1 aromatic rings. The van der Waals surface area contributed by atoms with Crippen LogP contribution in [0, 0.1) is 5.92 Å². The molecule has 2 N–H and O–H groups in total. The van der Waals surface area contributed by atoms with E-state index in [1.54, 1.807) is 11.3 Å². The number of piperidine rings is 1. The second-order valence-electron chi connectivity index (χ2n) is 5.45. The van der Waals surface area contributed by atoms with Crippen LogP contribution in [0.25, 0.3) is 0 Å². The van der Waals surface area contributed by atoms with Crippen LogP contribution in [0.1, 0.15) is 24.6 Å². The normalized spacial score (nSPS) is 26.4. The fraction of sp³-hybridized carbons (Fsp3) is 0.769. The SMILES string of the molecule is CC1(C2CCCN(Cc3cnc(N)s3)C2)OCCO1.Cl. The Labute approximate surface area is 129 Å². The first-order valence-electron chi connectivity index (χ1n) is 6.86. The van der Waals surface area contributed by atoms with Gasteiger partial charge in [-0.15, -0.1) is 23.7 Å². The maximum absolute atomic E-state index is 5.80. The number of hydrogen-bond donors (Lipinski definition) is 1. The van der Waals surface area contributed by atoms with Crippen molar-refractivity contribution in [2.24, 2.45) is 5.92 Å². The van der Waals surface area contributed by atoms with Crippen LogP contribution in [0.4, 0.5) is 5.13 Å². The summed E-state index contributed by atoms with van der Waals surface area (Å²) in [4.78, 5) is 7.80. The Balaban J connectivity index is 0.00000147. The summed E-state index contributed by atoms with van der Waals surface area (Å²) in [7, 11) is 0. The van der Waals surface area contributed by atoms with Crippen molar-refractivity contribution in [2.75, 3.05) is 32.0 Å². The molecule has 0 saturated carbocycles. The lowest BCUT2D eigenvalue weighted by Crippen LogP contribution is -2.46. The fourth-order valence-electron chi connectivity index (χ4n) is 3.01. The molecule has 3 rings (SSSR count). The molecule has 0 aromatic carbocycles. The lowest BCUT2D eigenvalue weighted by atomic mass is 9.90. The minimum atomic E-state index is -0.384. The van der Waals surface area contributed by atoms with Crippen LogP contribution < -0.4 is 5.73 Å². The molecule has 7 heteroatoms. The molecule has 0 amide bonds. The molecule has 1 aromatic heterocycles. The van der Waals surface area contributed by atoms with Crippen LogP contribution in [0.2, 0.25) is 0 Å². The van der Waals surface area contributed by atoms with Gasteiger partial charge < -0.3 is 15.2 Å². The molecule has 2 aliphatic heterocycles. The Kier molecular flexibility index (Phi) is 5.25. The van der Waals surface area contributed by atoms with Crippen molar-refractivity contribution in [3.63, 3.8) is 0 Å². The van der Waals surface area contributed by atoms with Crippen molar-refractivity contribution in [3.8, 4) is 0 Å². The van der Waals surface area contributed by atoms with E-state index in [1.807, 2.05) is 6.20 Å². The highest BCUT2D eigenvalue weighted by atomic mass is 35.5. The predicted molar refractivity (Wildman–Crippen MR) is 82.1 cm³/mol. The Bertz CT molecular complexity index is 437. The van der Waals surface area contributed by atoms with E-state index in [4.69, 9.17) is 15.2 Å². The summed E-state index contributed by atoms with van der Waals surface area (Å²) in [6.45, 7) is 6.61. The topological polar surface area (TPSA) is 60.6 Å². The predicted octanol–water partition coefficient (Wildman–Crippen LogP) is 2.12. The minimum Gasteiger partial charge on any atom is -0.375 e. The lowest BCUT2D eigenvalue weighted by Gasteiger charge is -2.39. The molecule has 2 aliphatic rings. The van der Waals surface area contributed by atoms with Crippen molar-refractivity contribution < 1.29 is 9.47 Å². The first-order chi connectivity index (χ1) is 9.16. The first kappa shape index (κ1) is 16.0. The molecule has 0 spiro atoms. The average molecular weight is 320 g/mol. The van der Waals surface area contributed by atoms with E-state index in [-0.39, 0.29) is 18.2 Å². The molecular formula is C13H22ClN3O2S. The van der Waals surface area contributed by atoms with Gasteiger partial charge in [0.25, 0.3) is 0 Å². The van der Waals surface area contributed by atoms with Crippen molar-refractivity contribution in [1.82, 2.24) is 9.88 Å². The molecule has 0 radical (unpaired) electrons. The number of nitrogens with two attached hydrogens (primary N) is 1. The number of ether oxygens (including phenoxy) is 2. The quantitative estimate of drug-likeness (QED) is 0.924. The highest BCUT2D eigenvalue weighted by Gasteiger charge is 2.41. The molecule has 2 saturated heterocycles. The second kappa shape index (κ2) is 6.58. The van der Waals surface area contributed by atoms with Gasteiger partial charge >= 0.3 is 0 Å². The monoisotopic (exact) mass is 319 g/mol. The minimum absolute atomic E-state index is 0. The molecule has 1 atom stereocenters. The van der Waals surface area contributed by atoms with Crippen molar-refractivity contribution in [2.45, 2.75) is 32.1 Å². The Hall–Kier alpha value is -0.400. The number of aromatic nitrogens is 1. The van der Waals surface area contributed by atoms with Crippen LogP contribution >= 0.6 is 23.7 Å². The molecule has 0 aliphatic carbocycles. The van der Waals surface area contributed by atoms with Gasteiger partial charge in [0.1, 0.15) is 0 Å².